The lowest BCUT2D eigenvalue weighted by atomic mass is 9.72. The lowest BCUT2D eigenvalue weighted by molar-refractivity contribution is -0.0577. The molecule has 0 aromatic heterocycles. The van der Waals surface area contributed by atoms with Crippen molar-refractivity contribution in [1.82, 2.24) is 0 Å². The molecule has 0 saturated heterocycles. The summed E-state index contributed by atoms with van der Waals surface area (Å²) in [7, 11) is 0. The van der Waals surface area contributed by atoms with Gasteiger partial charge in [-0.1, -0.05) is 52.4 Å². The van der Waals surface area contributed by atoms with Gasteiger partial charge >= 0.3 is 0 Å². The fourth-order valence-corrected chi connectivity index (χ4v) is 3.80. The van der Waals surface area contributed by atoms with Gasteiger partial charge in [-0.25, -0.2) is 0 Å². The van der Waals surface area contributed by atoms with Gasteiger partial charge < -0.3 is 4.74 Å². The Morgan fingerprint density at radius 1 is 0.778 bits per heavy atom. The molecular weight excluding hydrogens is 220 g/mol. The third-order valence-electron chi connectivity index (χ3n) is 5.33. The molecule has 3 atom stereocenters. The molecule has 2 fully saturated rings. The van der Waals surface area contributed by atoms with Crippen LogP contribution in [0.25, 0.3) is 0 Å². The second-order valence-corrected chi connectivity index (χ2v) is 7.03. The molecule has 1 nitrogen and oxygen atoms in total. The molecule has 0 heterocycles. The van der Waals surface area contributed by atoms with Gasteiger partial charge in [0.1, 0.15) is 0 Å². The minimum atomic E-state index is 0.431. The molecule has 18 heavy (non-hydrogen) atoms. The van der Waals surface area contributed by atoms with Gasteiger partial charge in [0.2, 0.25) is 0 Å². The summed E-state index contributed by atoms with van der Waals surface area (Å²) in [5, 5.41) is 0. The van der Waals surface area contributed by atoms with Crippen molar-refractivity contribution in [2.45, 2.75) is 90.8 Å². The first-order valence-electron chi connectivity index (χ1n) is 8.32. The second kappa shape index (κ2) is 6.93. The predicted molar refractivity (Wildman–Crippen MR) is 77.7 cm³/mol. The van der Waals surface area contributed by atoms with Crippen molar-refractivity contribution >= 4 is 0 Å². The second-order valence-electron chi connectivity index (χ2n) is 7.03. The van der Waals surface area contributed by atoms with Crippen molar-refractivity contribution in [1.29, 1.82) is 0 Å². The van der Waals surface area contributed by atoms with E-state index in [1.807, 2.05) is 0 Å². The first-order chi connectivity index (χ1) is 8.66. The largest absolute Gasteiger partial charge is 0.375 e. The van der Waals surface area contributed by atoms with Crippen LogP contribution in [0.5, 0.6) is 0 Å². The van der Waals surface area contributed by atoms with E-state index in [1.165, 1.54) is 57.8 Å². The quantitative estimate of drug-likeness (QED) is 0.669. The van der Waals surface area contributed by atoms with Gasteiger partial charge in [-0.2, -0.15) is 0 Å². The van der Waals surface area contributed by atoms with Crippen LogP contribution in [0, 0.1) is 17.8 Å². The smallest absolute Gasteiger partial charge is 0.0581 e. The van der Waals surface area contributed by atoms with E-state index in [-0.39, 0.29) is 0 Å². The van der Waals surface area contributed by atoms with Crippen molar-refractivity contribution < 1.29 is 4.74 Å². The highest BCUT2D eigenvalue weighted by atomic mass is 16.5. The maximum atomic E-state index is 6.27. The molecule has 3 unspecified atom stereocenters. The van der Waals surface area contributed by atoms with Crippen molar-refractivity contribution in [3.63, 3.8) is 0 Å². The minimum absolute atomic E-state index is 0.431. The SMILES string of the molecule is CC(C)C(C)OC1CCCC(C2CCCCC2)C1. The lowest BCUT2D eigenvalue weighted by Crippen LogP contribution is -2.32. The van der Waals surface area contributed by atoms with E-state index in [0.29, 0.717) is 18.1 Å². The van der Waals surface area contributed by atoms with Gasteiger partial charge in [-0.15, -0.1) is 0 Å². The highest BCUT2D eigenvalue weighted by Gasteiger charge is 2.30. The van der Waals surface area contributed by atoms with E-state index in [2.05, 4.69) is 20.8 Å². The van der Waals surface area contributed by atoms with Crippen LogP contribution >= 0.6 is 0 Å². The molecule has 2 rings (SSSR count). The van der Waals surface area contributed by atoms with Crippen LogP contribution < -0.4 is 0 Å². The molecule has 2 saturated carbocycles. The third-order valence-corrected chi connectivity index (χ3v) is 5.33. The Morgan fingerprint density at radius 2 is 1.44 bits per heavy atom. The van der Waals surface area contributed by atoms with Gasteiger partial charge in [-0.05, 0) is 43.9 Å². The van der Waals surface area contributed by atoms with Crippen LogP contribution in [-0.2, 0) is 4.74 Å². The molecule has 1 heteroatoms. The monoisotopic (exact) mass is 252 g/mol. The summed E-state index contributed by atoms with van der Waals surface area (Å²) in [6, 6.07) is 0. The molecule has 0 aromatic rings. The van der Waals surface area contributed by atoms with Crippen LogP contribution in [0.2, 0.25) is 0 Å². The Morgan fingerprint density at radius 3 is 2.11 bits per heavy atom. The number of rotatable bonds is 4. The fraction of sp³-hybridized carbons (Fsp3) is 1.00. The van der Waals surface area contributed by atoms with E-state index in [4.69, 9.17) is 4.74 Å². The average Bonchev–Trinajstić information content (AvgIpc) is 2.40. The van der Waals surface area contributed by atoms with E-state index in [9.17, 15) is 0 Å². The summed E-state index contributed by atoms with van der Waals surface area (Å²) >= 11 is 0. The van der Waals surface area contributed by atoms with E-state index < -0.39 is 0 Å². The van der Waals surface area contributed by atoms with E-state index in [0.717, 1.165) is 11.8 Å². The number of ether oxygens (including phenoxy) is 1. The van der Waals surface area contributed by atoms with Gasteiger partial charge in [0.05, 0.1) is 12.2 Å². The van der Waals surface area contributed by atoms with Crippen LogP contribution in [0.1, 0.15) is 78.6 Å². The average molecular weight is 252 g/mol. The number of hydrogen-bond donors (Lipinski definition) is 0. The summed E-state index contributed by atoms with van der Waals surface area (Å²) in [4.78, 5) is 0. The molecule has 0 radical (unpaired) electrons. The Labute approximate surface area is 114 Å². The minimum Gasteiger partial charge on any atom is -0.375 e. The Balaban J connectivity index is 1.80. The Kier molecular flexibility index (Phi) is 5.54. The van der Waals surface area contributed by atoms with Crippen molar-refractivity contribution in [3.05, 3.63) is 0 Å². The van der Waals surface area contributed by atoms with Crippen LogP contribution in [0.15, 0.2) is 0 Å². The third kappa shape index (κ3) is 3.98. The topological polar surface area (TPSA) is 9.23 Å². The maximum absolute atomic E-state index is 6.27. The summed E-state index contributed by atoms with van der Waals surface area (Å²) in [5.41, 5.74) is 0. The molecule has 2 aliphatic carbocycles. The van der Waals surface area contributed by atoms with Gasteiger partial charge in [-0.3, -0.25) is 0 Å². The standard InChI is InChI=1S/C17H32O/c1-13(2)14(3)18-17-11-7-10-16(12-17)15-8-5-4-6-9-15/h13-17H,4-12H2,1-3H3. The molecule has 0 aliphatic heterocycles. The fourth-order valence-electron chi connectivity index (χ4n) is 3.80. The number of hydrogen-bond acceptors (Lipinski definition) is 1. The van der Waals surface area contributed by atoms with Crippen LogP contribution in [0.4, 0.5) is 0 Å². The molecule has 0 aromatic carbocycles. The molecule has 0 bridgehead atoms. The zero-order valence-electron chi connectivity index (χ0n) is 12.7. The van der Waals surface area contributed by atoms with Crippen molar-refractivity contribution in [2.24, 2.45) is 17.8 Å². The Hall–Kier alpha value is -0.0400. The molecule has 106 valence electrons. The highest BCUT2D eigenvalue weighted by molar-refractivity contribution is 4.81. The summed E-state index contributed by atoms with van der Waals surface area (Å²) in [5.74, 6) is 2.66. The summed E-state index contributed by atoms with van der Waals surface area (Å²) < 4.78 is 6.27. The first kappa shape index (κ1) is 14.4. The van der Waals surface area contributed by atoms with Crippen molar-refractivity contribution in [2.75, 3.05) is 0 Å². The molecular formula is C17H32O. The normalized spacial score (nSPS) is 32.7. The van der Waals surface area contributed by atoms with Crippen LogP contribution in [0.3, 0.4) is 0 Å². The van der Waals surface area contributed by atoms with E-state index >= 15 is 0 Å². The molecule has 0 N–H and O–H groups in total. The maximum Gasteiger partial charge on any atom is 0.0581 e. The first-order valence-corrected chi connectivity index (χ1v) is 8.32. The zero-order valence-corrected chi connectivity index (χ0v) is 12.7. The van der Waals surface area contributed by atoms with Gasteiger partial charge in [0.15, 0.2) is 0 Å². The highest BCUT2D eigenvalue weighted by Crippen LogP contribution is 2.39. The predicted octanol–water partition coefficient (Wildman–Crippen LogP) is 5.19. The van der Waals surface area contributed by atoms with Gasteiger partial charge in [0.25, 0.3) is 0 Å². The molecule has 2 aliphatic rings. The summed E-state index contributed by atoms with van der Waals surface area (Å²) in [6.07, 6.45) is 14.0. The lowest BCUT2D eigenvalue weighted by Gasteiger charge is -2.37. The molecule has 0 amide bonds. The zero-order chi connectivity index (χ0) is 13.0. The van der Waals surface area contributed by atoms with E-state index in [1.54, 1.807) is 0 Å². The van der Waals surface area contributed by atoms with Crippen LogP contribution in [-0.4, -0.2) is 12.2 Å². The van der Waals surface area contributed by atoms with Crippen molar-refractivity contribution in [3.8, 4) is 0 Å². The summed E-state index contributed by atoms with van der Waals surface area (Å²) in [6.45, 7) is 6.78. The Bertz CT molecular complexity index is 230. The van der Waals surface area contributed by atoms with Gasteiger partial charge in [0, 0.05) is 0 Å². The molecule has 0 spiro atoms.